The number of pyridine rings is 1. The van der Waals surface area contributed by atoms with Gasteiger partial charge in [-0.25, -0.2) is 14.8 Å². The van der Waals surface area contributed by atoms with E-state index >= 15 is 0 Å². The topological polar surface area (TPSA) is 101 Å². The van der Waals surface area contributed by atoms with Crippen LogP contribution in [0.5, 0.6) is 0 Å². The molecule has 0 aliphatic rings. The molecule has 0 aromatic carbocycles. The average molecular weight is 327 g/mol. The van der Waals surface area contributed by atoms with Gasteiger partial charge in [0.2, 0.25) is 0 Å². The van der Waals surface area contributed by atoms with Crippen LogP contribution < -0.4 is 5.32 Å². The van der Waals surface area contributed by atoms with Crippen molar-refractivity contribution in [3.8, 4) is 0 Å². The number of hydrogen-bond acceptors (Lipinski definition) is 5. The zero-order valence-corrected chi connectivity index (χ0v) is 13.3. The summed E-state index contributed by atoms with van der Waals surface area (Å²) in [6, 6.07) is 4.69. The molecule has 1 atom stereocenters. The third-order valence-electron chi connectivity index (χ3n) is 3.75. The Balaban J connectivity index is 1.84. The van der Waals surface area contributed by atoms with Gasteiger partial charge in [0, 0.05) is 24.5 Å². The summed E-state index contributed by atoms with van der Waals surface area (Å²) in [5, 5.41) is 2.69. The summed E-state index contributed by atoms with van der Waals surface area (Å²) in [7, 11) is 1.28. The highest BCUT2D eigenvalue weighted by Crippen LogP contribution is 2.12. The Morgan fingerprint density at radius 1 is 1.42 bits per heavy atom. The first-order chi connectivity index (χ1) is 11.6. The summed E-state index contributed by atoms with van der Waals surface area (Å²) in [4.78, 5) is 35.7. The van der Waals surface area contributed by atoms with Crippen molar-refractivity contribution in [3.05, 3.63) is 54.0 Å². The summed E-state index contributed by atoms with van der Waals surface area (Å²) in [5.41, 5.74) is 2.37. The van der Waals surface area contributed by atoms with Gasteiger partial charge in [-0.05, 0) is 19.1 Å². The van der Waals surface area contributed by atoms with E-state index in [9.17, 15) is 9.59 Å². The Bertz CT molecular complexity index is 869. The lowest BCUT2D eigenvalue weighted by atomic mass is 10.1. The molecule has 0 unspecified atom stereocenters. The standard InChI is InChI=1S/C16H17N5O3/c1-10-14(20-13-5-3-4-6-21(10)13)15(22)19-12(16(23)24-2)7-11-8-17-9-18-11/h3-6,8-9,12H,7H2,1-2H3,(H,17,18)(H,19,22)/t12-/m0/s1. The van der Waals surface area contributed by atoms with Crippen molar-refractivity contribution in [2.45, 2.75) is 19.4 Å². The van der Waals surface area contributed by atoms with Crippen molar-refractivity contribution in [2.24, 2.45) is 0 Å². The van der Waals surface area contributed by atoms with Crippen LogP contribution >= 0.6 is 0 Å². The molecule has 0 saturated heterocycles. The molecule has 3 heterocycles. The highest BCUT2D eigenvalue weighted by Gasteiger charge is 2.25. The van der Waals surface area contributed by atoms with Crippen molar-refractivity contribution in [1.29, 1.82) is 0 Å². The number of carbonyl (C=O) groups is 2. The molecular formula is C16H17N5O3. The van der Waals surface area contributed by atoms with Gasteiger partial charge in [-0.2, -0.15) is 0 Å². The molecule has 0 saturated carbocycles. The Morgan fingerprint density at radius 3 is 2.92 bits per heavy atom. The van der Waals surface area contributed by atoms with E-state index in [4.69, 9.17) is 4.74 Å². The number of nitrogens with zero attached hydrogens (tertiary/aromatic N) is 3. The SMILES string of the molecule is COC(=O)[C@H](Cc1cnc[nH]1)NC(=O)c1nc2ccccn2c1C. The van der Waals surface area contributed by atoms with Gasteiger partial charge in [0.1, 0.15) is 17.4 Å². The van der Waals surface area contributed by atoms with Crippen LogP contribution in [0.3, 0.4) is 0 Å². The van der Waals surface area contributed by atoms with E-state index in [1.807, 2.05) is 28.8 Å². The average Bonchev–Trinajstić information content (AvgIpc) is 3.22. The molecule has 0 aliphatic heterocycles. The molecule has 0 aliphatic carbocycles. The van der Waals surface area contributed by atoms with Crippen LogP contribution in [0.4, 0.5) is 0 Å². The zero-order chi connectivity index (χ0) is 17.1. The number of aromatic amines is 1. The van der Waals surface area contributed by atoms with Gasteiger partial charge in [-0.3, -0.25) is 4.79 Å². The second kappa shape index (κ2) is 6.53. The molecule has 3 aromatic heterocycles. The first-order valence-corrected chi connectivity index (χ1v) is 7.39. The van der Waals surface area contributed by atoms with Crippen molar-refractivity contribution in [2.75, 3.05) is 7.11 Å². The lowest BCUT2D eigenvalue weighted by Crippen LogP contribution is -2.43. The first kappa shape index (κ1) is 15.7. The fourth-order valence-electron chi connectivity index (χ4n) is 2.51. The third kappa shape index (κ3) is 2.98. The van der Waals surface area contributed by atoms with E-state index in [-0.39, 0.29) is 12.1 Å². The van der Waals surface area contributed by atoms with Gasteiger partial charge in [0.05, 0.1) is 19.1 Å². The van der Waals surface area contributed by atoms with Gasteiger partial charge in [-0.1, -0.05) is 6.07 Å². The number of rotatable bonds is 5. The minimum Gasteiger partial charge on any atom is -0.467 e. The van der Waals surface area contributed by atoms with E-state index in [0.717, 1.165) is 5.69 Å². The van der Waals surface area contributed by atoms with Gasteiger partial charge in [0.15, 0.2) is 0 Å². The second-order valence-electron chi connectivity index (χ2n) is 5.30. The van der Waals surface area contributed by atoms with Crippen LogP contribution in [0.1, 0.15) is 21.9 Å². The molecule has 8 nitrogen and oxygen atoms in total. The van der Waals surface area contributed by atoms with E-state index < -0.39 is 17.9 Å². The van der Waals surface area contributed by atoms with Crippen LogP contribution in [0.15, 0.2) is 36.9 Å². The Hall–Kier alpha value is -3.16. The van der Waals surface area contributed by atoms with Gasteiger partial charge in [-0.15, -0.1) is 0 Å². The fraction of sp³-hybridized carbons (Fsp3) is 0.250. The minimum absolute atomic E-state index is 0.255. The molecule has 0 radical (unpaired) electrons. The molecule has 1 amide bonds. The minimum atomic E-state index is -0.827. The lowest BCUT2D eigenvalue weighted by molar-refractivity contribution is -0.142. The highest BCUT2D eigenvalue weighted by atomic mass is 16.5. The molecule has 0 fully saturated rings. The summed E-state index contributed by atoms with van der Waals surface area (Å²) in [6.07, 6.45) is 5.19. The molecular weight excluding hydrogens is 310 g/mol. The third-order valence-corrected chi connectivity index (χ3v) is 3.75. The quantitative estimate of drug-likeness (QED) is 0.677. The smallest absolute Gasteiger partial charge is 0.328 e. The number of aryl methyl sites for hydroxylation is 1. The number of imidazole rings is 2. The van der Waals surface area contributed by atoms with Crippen molar-refractivity contribution < 1.29 is 14.3 Å². The number of nitrogens with one attached hydrogen (secondary N) is 2. The molecule has 2 N–H and O–H groups in total. The number of fused-ring (bicyclic) bond motifs is 1. The lowest BCUT2D eigenvalue weighted by Gasteiger charge is -2.15. The van der Waals surface area contributed by atoms with Crippen LogP contribution in [0.25, 0.3) is 5.65 Å². The monoisotopic (exact) mass is 327 g/mol. The summed E-state index contributed by atoms with van der Waals surface area (Å²) in [5.74, 6) is -0.953. The molecule has 8 heteroatoms. The fourth-order valence-corrected chi connectivity index (χ4v) is 2.51. The molecule has 3 rings (SSSR count). The predicted octanol–water partition coefficient (Wildman–Crippen LogP) is 0.880. The van der Waals surface area contributed by atoms with Crippen molar-refractivity contribution >= 4 is 17.5 Å². The van der Waals surface area contributed by atoms with Crippen LogP contribution in [-0.4, -0.2) is 44.4 Å². The van der Waals surface area contributed by atoms with E-state index in [0.29, 0.717) is 11.3 Å². The number of amides is 1. The largest absolute Gasteiger partial charge is 0.467 e. The maximum Gasteiger partial charge on any atom is 0.328 e. The number of ether oxygens (including phenoxy) is 1. The van der Waals surface area contributed by atoms with Crippen LogP contribution in [-0.2, 0) is 16.0 Å². The van der Waals surface area contributed by atoms with Crippen molar-refractivity contribution in [3.63, 3.8) is 0 Å². The van der Waals surface area contributed by atoms with E-state index in [2.05, 4.69) is 20.3 Å². The van der Waals surface area contributed by atoms with Gasteiger partial charge >= 0.3 is 5.97 Å². The highest BCUT2D eigenvalue weighted by molar-refractivity contribution is 5.96. The summed E-state index contributed by atoms with van der Waals surface area (Å²) < 4.78 is 6.59. The van der Waals surface area contributed by atoms with E-state index in [1.54, 1.807) is 13.1 Å². The van der Waals surface area contributed by atoms with E-state index in [1.165, 1.54) is 13.4 Å². The summed E-state index contributed by atoms with van der Waals surface area (Å²) in [6.45, 7) is 1.80. The van der Waals surface area contributed by atoms with Crippen molar-refractivity contribution in [1.82, 2.24) is 24.7 Å². The number of methoxy groups -OCH3 is 1. The Kier molecular flexibility index (Phi) is 4.28. The number of hydrogen-bond donors (Lipinski definition) is 2. The van der Waals surface area contributed by atoms with Gasteiger partial charge < -0.3 is 19.4 Å². The van der Waals surface area contributed by atoms with Crippen LogP contribution in [0, 0.1) is 6.92 Å². The molecule has 3 aromatic rings. The predicted molar refractivity (Wildman–Crippen MR) is 85.5 cm³/mol. The maximum atomic E-state index is 12.6. The molecule has 0 spiro atoms. The normalized spacial score (nSPS) is 12.1. The number of H-pyrrole nitrogens is 1. The summed E-state index contributed by atoms with van der Waals surface area (Å²) >= 11 is 0. The first-order valence-electron chi connectivity index (χ1n) is 7.39. The number of aromatic nitrogens is 4. The van der Waals surface area contributed by atoms with Gasteiger partial charge in [0.25, 0.3) is 5.91 Å². The molecule has 24 heavy (non-hydrogen) atoms. The number of carbonyl (C=O) groups excluding carboxylic acids is 2. The molecule has 124 valence electrons. The number of esters is 1. The van der Waals surface area contributed by atoms with Crippen LogP contribution in [0.2, 0.25) is 0 Å². The second-order valence-corrected chi connectivity index (χ2v) is 5.30. The maximum absolute atomic E-state index is 12.6. The molecule has 0 bridgehead atoms. The Morgan fingerprint density at radius 2 is 2.25 bits per heavy atom. The Labute approximate surface area is 137 Å². The zero-order valence-electron chi connectivity index (χ0n) is 13.3.